The number of nitrogens with zero attached hydrogens (tertiary/aromatic N) is 1. The van der Waals surface area contributed by atoms with Crippen molar-refractivity contribution in [2.75, 3.05) is 0 Å². The summed E-state index contributed by atoms with van der Waals surface area (Å²) in [4.78, 5) is 10.5. The van der Waals surface area contributed by atoms with Gasteiger partial charge < -0.3 is 4.74 Å². The summed E-state index contributed by atoms with van der Waals surface area (Å²) >= 11 is 9.14. The number of hydrogen-bond donors (Lipinski definition) is 0. The van der Waals surface area contributed by atoms with Crippen molar-refractivity contribution in [1.29, 1.82) is 0 Å². The number of halogens is 2. The molecule has 0 saturated carbocycles. The Kier molecular flexibility index (Phi) is 4.62. The molecule has 0 aliphatic rings. The van der Waals surface area contributed by atoms with E-state index < -0.39 is 4.92 Å². The lowest BCUT2D eigenvalue weighted by atomic mass is 10.2. The van der Waals surface area contributed by atoms with Crippen molar-refractivity contribution in [3.05, 3.63) is 67.1 Å². The predicted molar refractivity (Wildman–Crippen MR) is 81.3 cm³/mol. The minimum absolute atomic E-state index is 0.0349. The molecule has 4 nitrogen and oxygen atoms in total. The molecule has 2 aromatic rings. The summed E-state index contributed by atoms with van der Waals surface area (Å²) in [5, 5.41) is 11.3. The molecular formula is C14H11BrClNO3. The molecule has 6 heteroatoms. The van der Waals surface area contributed by atoms with Crippen LogP contribution in [0.3, 0.4) is 0 Å². The number of ether oxygens (including phenoxy) is 1. The number of benzene rings is 2. The largest absolute Gasteiger partial charge is 0.488 e. The molecule has 0 aliphatic carbocycles. The van der Waals surface area contributed by atoms with E-state index >= 15 is 0 Å². The van der Waals surface area contributed by atoms with E-state index in [2.05, 4.69) is 15.9 Å². The number of rotatable bonds is 4. The van der Waals surface area contributed by atoms with Crippen LogP contribution in [0.5, 0.6) is 5.75 Å². The monoisotopic (exact) mass is 355 g/mol. The van der Waals surface area contributed by atoms with Crippen LogP contribution in [-0.4, -0.2) is 4.92 Å². The van der Waals surface area contributed by atoms with Gasteiger partial charge in [0.25, 0.3) is 5.69 Å². The Balaban J connectivity index is 2.20. The minimum Gasteiger partial charge on any atom is -0.488 e. The van der Waals surface area contributed by atoms with Gasteiger partial charge in [0.05, 0.1) is 10.5 Å². The number of nitro benzene ring substituents is 1. The second kappa shape index (κ2) is 6.24. The Hall–Kier alpha value is -1.59. The van der Waals surface area contributed by atoms with E-state index in [4.69, 9.17) is 16.3 Å². The van der Waals surface area contributed by atoms with Crippen LogP contribution < -0.4 is 4.74 Å². The van der Waals surface area contributed by atoms with Crippen molar-refractivity contribution in [3.8, 4) is 5.75 Å². The second-order valence-electron chi connectivity index (χ2n) is 4.23. The molecule has 0 spiro atoms. The SMILES string of the molecule is Cc1cc(Br)ccc1OCc1ccc(Cl)cc1[N+](=O)[O-]. The number of aryl methyl sites for hydroxylation is 1. The maximum Gasteiger partial charge on any atom is 0.277 e. The lowest BCUT2D eigenvalue weighted by molar-refractivity contribution is -0.385. The fourth-order valence-electron chi connectivity index (χ4n) is 1.76. The van der Waals surface area contributed by atoms with E-state index in [0.717, 1.165) is 10.0 Å². The molecule has 2 rings (SSSR count). The molecule has 2 aromatic carbocycles. The van der Waals surface area contributed by atoms with Gasteiger partial charge in [0.1, 0.15) is 12.4 Å². The molecule has 0 heterocycles. The smallest absolute Gasteiger partial charge is 0.277 e. The zero-order valence-electron chi connectivity index (χ0n) is 10.6. The standard InChI is InChI=1S/C14H11BrClNO3/c1-9-6-11(15)3-5-14(9)20-8-10-2-4-12(16)7-13(10)17(18)19/h2-7H,8H2,1H3. The Labute approximate surface area is 129 Å². The summed E-state index contributed by atoms with van der Waals surface area (Å²) in [7, 11) is 0. The molecule has 104 valence electrons. The molecule has 20 heavy (non-hydrogen) atoms. The van der Waals surface area contributed by atoms with Crippen molar-refractivity contribution >= 4 is 33.2 Å². The Morgan fingerprint density at radius 2 is 2.05 bits per heavy atom. The molecule has 0 unspecified atom stereocenters. The van der Waals surface area contributed by atoms with E-state index in [0.29, 0.717) is 16.3 Å². The van der Waals surface area contributed by atoms with Crippen molar-refractivity contribution in [3.63, 3.8) is 0 Å². The maximum absolute atomic E-state index is 11.0. The number of nitro groups is 1. The van der Waals surface area contributed by atoms with E-state index in [9.17, 15) is 10.1 Å². The fourth-order valence-corrected chi connectivity index (χ4v) is 2.40. The van der Waals surface area contributed by atoms with Crippen LogP contribution >= 0.6 is 27.5 Å². The zero-order chi connectivity index (χ0) is 14.7. The van der Waals surface area contributed by atoms with Gasteiger partial charge in [0.2, 0.25) is 0 Å². The number of hydrogen-bond acceptors (Lipinski definition) is 3. The highest BCUT2D eigenvalue weighted by Gasteiger charge is 2.15. The Morgan fingerprint density at radius 3 is 2.70 bits per heavy atom. The minimum atomic E-state index is -0.459. The highest BCUT2D eigenvalue weighted by molar-refractivity contribution is 9.10. The average molecular weight is 357 g/mol. The summed E-state index contributed by atoms with van der Waals surface area (Å²) in [5.74, 6) is 0.692. The van der Waals surface area contributed by atoms with Crippen LogP contribution in [0.2, 0.25) is 5.02 Å². The van der Waals surface area contributed by atoms with E-state index in [1.165, 1.54) is 6.07 Å². The predicted octanol–water partition coefficient (Wildman–Crippen LogP) is 4.90. The van der Waals surface area contributed by atoms with Gasteiger partial charge in [-0.25, -0.2) is 0 Å². The van der Waals surface area contributed by atoms with Crippen molar-refractivity contribution in [2.45, 2.75) is 13.5 Å². The molecule has 0 amide bonds. The van der Waals surface area contributed by atoms with Gasteiger partial charge in [-0.15, -0.1) is 0 Å². The van der Waals surface area contributed by atoms with Gasteiger partial charge in [0, 0.05) is 15.6 Å². The first kappa shape index (κ1) is 14.8. The van der Waals surface area contributed by atoms with Crippen molar-refractivity contribution in [1.82, 2.24) is 0 Å². The Morgan fingerprint density at radius 1 is 1.30 bits per heavy atom. The van der Waals surface area contributed by atoms with Crippen LogP contribution in [0.4, 0.5) is 5.69 Å². The molecule has 0 bridgehead atoms. The van der Waals surface area contributed by atoms with Crippen LogP contribution in [0.25, 0.3) is 0 Å². The second-order valence-corrected chi connectivity index (χ2v) is 5.58. The topological polar surface area (TPSA) is 52.4 Å². The molecule has 0 atom stereocenters. The lowest BCUT2D eigenvalue weighted by Crippen LogP contribution is -2.01. The van der Waals surface area contributed by atoms with Crippen LogP contribution in [0.1, 0.15) is 11.1 Å². The first-order valence-corrected chi connectivity index (χ1v) is 6.96. The van der Waals surface area contributed by atoms with Gasteiger partial charge >= 0.3 is 0 Å². The molecular weight excluding hydrogens is 346 g/mol. The highest BCUT2D eigenvalue weighted by atomic mass is 79.9. The van der Waals surface area contributed by atoms with Gasteiger partial charge in [-0.1, -0.05) is 27.5 Å². The lowest BCUT2D eigenvalue weighted by Gasteiger charge is -2.10. The van der Waals surface area contributed by atoms with Gasteiger partial charge in [-0.2, -0.15) is 0 Å². The average Bonchev–Trinajstić information content (AvgIpc) is 2.38. The molecule has 0 N–H and O–H groups in total. The summed E-state index contributed by atoms with van der Waals surface area (Å²) in [6, 6.07) is 10.1. The summed E-state index contributed by atoms with van der Waals surface area (Å²) in [6.07, 6.45) is 0. The highest BCUT2D eigenvalue weighted by Crippen LogP contribution is 2.27. The van der Waals surface area contributed by atoms with Crippen LogP contribution in [0, 0.1) is 17.0 Å². The zero-order valence-corrected chi connectivity index (χ0v) is 12.9. The summed E-state index contributed by atoms with van der Waals surface area (Å²) in [5.41, 5.74) is 1.41. The molecule has 0 aromatic heterocycles. The van der Waals surface area contributed by atoms with E-state index in [1.807, 2.05) is 25.1 Å². The van der Waals surface area contributed by atoms with E-state index in [1.54, 1.807) is 12.1 Å². The summed E-state index contributed by atoms with van der Waals surface area (Å²) < 4.78 is 6.60. The van der Waals surface area contributed by atoms with Gasteiger partial charge in [0.15, 0.2) is 0 Å². The summed E-state index contributed by atoms with van der Waals surface area (Å²) in [6.45, 7) is 2.03. The maximum atomic E-state index is 11.0. The van der Waals surface area contributed by atoms with E-state index in [-0.39, 0.29) is 12.3 Å². The van der Waals surface area contributed by atoms with Gasteiger partial charge in [-0.3, -0.25) is 10.1 Å². The van der Waals surface area contributed by atoms with Crippen LogP contribution in [0.15, 0.2) is 40.9 Å². The molecule has 0 radical (unpaired) electrons. The third-order valence-electron chi connectivity index (χ3n) is 2.76. The van der Waals surface area contributed by atoms with Crippen molar-refractivity contribution in [2.24, 2.45) is 0 Å². The molecule has 0 aliphatic heterocycles. The first-order chi connectivity index (χ1) is 9.47. The first-order valence-electron chi connectivity index (χ1n) is 5.79. The quantitative estimate of drug-likeness (QED) is 0.578. The van der Waals surface area contributed by atoms with Crippen molar-refractivity contribution < 1.29 is 9.66 Å². The fraction of sp³-hybridized carbons (Fsp3) is 0.143. The molecule has 0 saturated heterocycles. The van der Waals surface area contributed by atoms with Gasteiger partial charge in [-0.05, 0) is 42.8 Å². The Bertz CT molecular complexity index is 661. The van der Waals surface area contributed by atoms with Crippen LogP contribution in [-0.2, 0) is 6.61 Å². The third kappa shape index (κ3) is 3.49. The molecule has 0 fully saturated rings. The third-order valence-corrected chi connectivity index (χ3v) is 3.49. The normalized spacial score (nSPS) is 10.3.